The molecule has 2 heterocycles. The van der Waals surface area contributed by atoms with E-state index in [9.17, 15) is 0 Å². The maximum Gasteiger partial charge on any atom is 0.0515 e. The van der Waals surface area contributed by atoms with E-state index in [4.69, 9.17) is 0 Å². The number of piperazine rings is 1. The molecule has 2 fully saturated rings. The summed E-state index contributed by atoms with van der Waals surface area (Å²) in [6, 6.07) is 9.24. The van der Waals surface area contributed by atoms with Crippen LogP contribution >= 0.6 is 15.9 Å². The number of anilines is 1. The fraction of sp³-hybridized carbons (Fsp3) is 0.625. The minimum absolute atomic E-state index is 0.182. The van der Waals surface area contributed by atoms with E-state index in [0.29, 0.717) is 6.04 Å². The highest BCUT2D eigenvalue weighted by atomic mass is 79.9. The molecule has 0 aliphatic carbocycles. The largest absolute Gasteiger partial charge is 0.364 e. The molecule has 0 amide bonds. The van der Waals surface area contributed by atoms with Gasteiger partial charge in [-0.25, -0.2) is 0 Å². The topological polar surface area (TPSA) is 18.5 Å². The van der Waals surface area contributed by atoms with E-state index < -0.39 is 0 Å². The van der Waals surface area contributed by atoms with Gasteiger partial charge in [-0.15, -0.1) is 0 Å². The summed E-state index contributed by atoms with van der Waals surface area (Å²) in [4.78, 5) is 5.25. The molecule has 3 nitrogen and oxygen atoms in total. The molecule has 1 atom stereocenters. The summed E-state index contributed by atoms with van der Waals surface area (Å²) in [7, 11) is 0. The van der Waals surface area contributed by atoms with Crippen molar-refractivity contribution >= 4 is 21.6 Å². The van der Waals surface area contributed by atoms with Gasteiger partial charge in [-0.3, -0.25) is 4.90 Å². The standard InChI is InChI=1S/C16H24BrN3/c1-16(2)15(19-11-8-18-9-12-19)7-10-20(16)14-6-4-3-5-13(14)17/h3-6,15,18H,7-12H2,1-2H3. The smallest absolute Gasteiger partial charge is 0.0515 e. The molecule has 1 N–H and O–H groups in total. The van der Waals surface area contributed by atoms with Gasteiger partial charge in [-0.1, -0.05) is 12.1 Å². The number of nitrogens with one attached hydrogen (secondary N) is 1. The highest BCUT2D eigenvalue weighted by molar-refractivity contribution is 9.10. The van der Waals surface area contributed by atoms with Crippen molar-refractivity contribution in [2.24, 2.45) is 0 Å². The minimum atomic E-state index is 0.182. The number of para-hydroxylation sites is 1. The lowest BCUT2D eigenvalue weighted by molar-refractivity contribution is 0.137. The first kappa shape index (κ1) is 14.4. The molecule has 1 aromatic rings. The van der Waals surface area contributed by atoms with E-state index in [-0.39, 0.29) is 5.54 Å². The van der Waals surface area contributed by atoms with Crippen LogP contribution in [0.4, 0.5) is 5.69 Å². The van der Waals surface area contributed by atoms with Gasteiger partial charge in [0.15, 0.2) is 0 Å². The van der Waals surface area contributed by atoms with Crippen LogP contribution in [0.1, 0.15) is 20.3 Å². The summed E-state index contributed by atoms with van der Waals surface area (Å²) < 4.78 is 1.20. The van der Waals surface area contributed by atoms with Crippen molar-refractivity contribution in [3.05, 3.63) is 28.7 Å². The molecule has 1 unspecified atom stereocenters. The van der Waals surface area contributed by atoms with Gasteiger partial charge in [0.1, 0.15) is 0 Å². The van der Waals surface area contributed by atoms with Crippen molar-refractivity contribution in [2.75, 3.05) is 37.6 Å². The molecule has 0 aromatic heterocycles. The Bertz CT molecular complexity index is 469. The van der Waals surface area contributed by atoms with E-state index in [1.165, 1.54) is 29.7 Å². The zero-order chi connectivity index (χ0) is 14.2. The van der Waals surface area contributed by atoms with Gasteiger partial charge in [0.2, 0.25) is 0 Å². The Morgan fingerprint density at radius 2 is 1.85 bits per heavy atom. The molecule has 2 aliphatic heterocycles. The Morgan fingerprint density at radius 1 is 1.15 bits per heavy atom. The van der Waals surface area contributed by atoms with Crippen molar-refractivity contribution in [2.45, 2.75) is 31.8 Å². The predicted molar refractivity (Wildman–Crippen MR) is 88.4 cm³/mol. The first-order valence-electron chi connectivity index (χ1n) is 7.57. The van der Waals surface area contributed by atoms with Crippen molar-refractivity contribution < 1.29 is 0 Å². The van der Waals surface area contributed by atoms with Gasteiger partial charge in [-0.2, -0.15) is 0 Å². The van der Waals surface area contributed by atoms with Crippen LogP contribution in [-0.4, -0.2) is 49.2 Å². The van der Waals surface area contributed by atoms with E-state index in [1.54, 1.807) is 0 Å². The van der Waals surface area contributed by atoms with Crippen LogP contribution in [-0.2, 0) is 0 Å². The third kappa shape index (κ3) is 2.49. The lowest BCUT2D eigenvalue weighted by Gasteiger charge is -2.44. The van der Waals surface area contributed by atoms with Crippen molar-refractivity contribution in [3.63, 3.8) is 0 Å². The molecule has 3 rings (SSSR count). The van der Waals surface area contributed by atoms with E-state index in [2.05, 4.69) is 69.2 Å². The fourth-order valence-electron chi connectivity index (χ4n) is 3.80. The van der Waals surface area contributed by atoms with Gasteiger partial charge in [-0.05, 0) is 48.3 Å². The maximum absolute atomic E-state index is 3.71. The second-order valence-electron chi connectivity index (χ2n) is 6.35. The molecule has 2 aliphatic rings. The van der Waals surface area contributed by atoms with E-state index in [1.807, 2.05) is 0 Å². The number of halogens is 1. The molecule has 4 heteroatoms. The van der Waals surface area contributed by atoms with Gasteiger partial charge < -0.3 is 10.2 Å². The number of hydrogen-bond acceptors (Lipinski definition) is 3. The molecule has 20 heavy (non-hydrogen) atoms. The van der Waals surface area contributed by atoms with E-state index in [0.717, 1.165) is 19.6 Å². The quantitative estimate of drug-likeness (QED) is 0.895. The second kappa shape index (κ2) is 5.66. The molecule has 110 valence electrons. The number of nitrogens with zero attached hydrogens (tertiary/aromatic N) is 2. The third-order valence-electron chi connectivity index (χ3n) is 4.87. The predicted octanol–water partition coefficient (Wildman–Crippen LogP) is 2.71. The van der Waals surface area contributed by atoms with Crippen molar-refractivity contribution in [1.82, 2.24) is 10.2 Å². The van der Waals surface area contributed by atoms with Crippen LogP contribution in [0.3, 0.4) is 0 Å². The number of rotatable bonds is 2. The van der Waals surface area contributed by atoms with Crippen LogP contribution in [0.25, 0.3) is 0 Å². The van der Waals surface area contributed by atoms with Crippen LogP contribution in [0.2, 0.25) is 0 Å². The Morgan fingerprint density at radius 3 is 2.55 bits per heavy atom. The van der Waals surface area contributed by atoms with Crippen molar-refractivity contribution in [3.8, 4) is 0 Å². The van der Waals surface area contributed by atoms with Gasteiger partial charge in [0.25, 0.3) is 0 Å². The Labute approximate surface area is 130 Å². The Hall–Kier alpha value is -0.580. The van der Waals surface area contributed by atoms with Gasteiger partial charge >= 0.3 is 0 Å². The van der Waals surface area contributed by atoms with Crippen molar-refractivity contribution in [1.29, 1.82) is 0 Å². The summed E-state index contributed by atoms with van der Waals surface area (Å²) >= 11 is 3.71. The summed E-state index contributed by atoms with van der Waals surface area (Å²) in [5.41, 5.74) is 1.51. The lowest BCUT2D eigenvalue weighted by Crippen LogP contribution is -2.57. The summed E-state index contributed by atoms with van der Waals surface area (Å²) in [6.07, 6.45) is 1.26. The maximum atomic E-state index is 3.71. The Kier molecular flexibility index (Phi) is 4.07. The first-order chi connectivity index (χ1) is 9.60. The van der Waals surface area contributed by atoms with Crippen LogP contribution in [0, 0.1) is 0 Å². The normalized spacial score (nSPS) is 26.9. The first-order valence-corrected chi connectivity index (χ1v) is 8.37. The number of hydrogen-bond donors (Lipinski definition) is 1. The summed E-state index contributed by atoms with van der Waals surface area (Å²) in [5.74, 6) is 0. The summed E-state index contributed by atoms with van der Waals surface area (Å²) in [5, 5.41) is 3.45. The molecule has 0 radical (unpaired) electrons. The lowest BCUT2D eigenvalue weighted by atomic mass is 9.93. The molecular weight excluding hydrogens is 314 g/mol. The monoisotopic (exact) mass is 337 g/mol. The Balaban J connectivity index is 1.83. The van der Waals surface area contributed by atoms with Crippen LogP contribution in [0.5, 0.6) is 0 Å². The highest BCUT2D eigenvalue weighted by Gasteiger charge is 2.44. The molecule has 0 spiro atoms. The van der Waals surface area contributed by atoms with Crippen LogP contribution < -0.4 is 10.2 Å². The van der Waals surface area contributed by atoms with Gasteiger partial charge in [0, 0.05) is 43.2 Å². The SMILES string of the molecule is CC1(C)C(N2CCNCC2)CCN1c1ccccc1Br. The molecule has 2 saturated heterocycles. The van der Waals surface area contributed by atoms with Gasteiger partial charge in [0.05, 0.1) is 11.2 Å². The minimum Gasteiger partial charge on any atom is -0.364 e. The fourth-order valence-corrected chi connectivity index (χ4v) is 4.30. The zero-order valence-corrected chi connectivity index (χ0v) is 14.0. The highest BCUT2D eigenvalue weighted by Crippen LogP contribution is 2.39. The summed E-state index contributed by atoms with van der Waals surface area (Å²) in [6.45, 7) is 10.5. The second-order valence-corrected chi connectivity index (χ2v) is 7.20. The molecular formula is C16H24BrN3. The average Bonchev–Trinajstić information content (AvgIpc) is 2.76. The molecule has 1 aromatic carbocycles. The number of benzene rings is 1. The molecule has 0 saturated carbocycles. The van der Waals surface area contributed by atoms with E-state index >= 15 is 0 Å². The van der Waals surface area contributed by atoms with Crippen LogP contribution in [0.15, 0.2) is 28.7 Å². The third-order valence-corrected chi connectivity index (χ3v) is 5.54. The average molecular weight is 338 g/mol. The zero-order valence-electron chi connectivity index (χ0n) is 12.4. The molecule has 0 bridgehead atoms.